The fraction of sp³-hybridized carbons (Fsp3) is 0.286. The first kappa shape index (κ1) is 19.4. The van der Waals surface area contributed by atoms with Gasteiger partial charge in [0.1, 0.15) is 11.5 Å². The lowest BCUT2D eigenvalue weighted by Crippen LogP contribution is -2.26. The Labute approximate surface area is 162 Å². The number of ether oxygens (including phenoxy) is 1. The van der Waals surface area contributed by atoms with Crippen LogP contribution in [0.2, 0.25) is 0 Å². The molecular formula is C21H22N2O5. The highest BCUT2D eigenvalue weighted by Gasteiger charge is 2.37. The summed E-state index contributed by atoms with van der Waals surface area (Å²) in [6.45, 7) is 3.71. The molecule has 1 amide bonds. The number of aliphatic hydroxyl groups is 1. The maximum Gasteiger partial charge on any atom is 0.354 e. The van der Waals surface area contributed by atoms with E-state index in [0.29, 0.717) is 18.5 Å². The van der Waals surface area contributed by atoms with E-state index in [-0.39, 0.29) is 35.4 Å². The van der Waals surface area contributed by atoms with Gasteiger partial charge in [0.05, 0.1) is 18.2 Å². The fourth-order valence-electron chi connectivity index (χ4n) is 3.37. The molecule has 146 valence electrons. The third-order valence-electron chi connectivity index (χ3n) is 4.59. The van der Waals surface area contributed by atoms with Gasteiger partial charge >= 0.3 is 5.97 Å². The Hall–Kier alpha value is -3.35. The number of anilines is 1. The largest absolute Gasteiger partial charge is 0.506 e. The predicted octanol–water partition coefficient (Wildman–Crippen LogP) is 3.20. The zero-order chi connectivity index (χ0) is 20.3. The summed E-state index contributed by atoms with van der Waals surface area (Å²) in [7, 11) is 0. The molecule has 2 heterocycles. The third kappa shape index (κ3) is 3.83. The van der Waals surface area contributed by atoms with Crippen molar-refractivity contribution in [1.29, 1.82) is 0 Å². The Morgan fingerprint density at radius 3 is 2.68 bits per heavy atom. The second kappa shape index (κ2) is 8.12. The lowest BCUT2D eigenvalue weighted by Gasteiger charge is -2.17. The van der Waals surface area contributed by atoms with Crippen molar-refractivity contribution in [3.05, 3.63) is 59.4 Å². The van der Waals surface area contributed by atoms with Gasteiger partial charge in [0, 0.05) is 18.3 Å². The van der Waals surface area contributed by atoms with Gasteiger partial charge in [0.2, 0.25) is 5.91 Å². The van der Waals surface area contributed by atoms with Gasteiger partial charge < -0.3 is 19.7 Å². The van der Waals surface area contributed by atoms with Crippen LogP contribution < -0.4 is 4.90 Å². The van der Waals surface area contributed by atoms with E-state index in [9.17, 15) is 19.5 Å². The molecule has 1 saturated heterocycles. The number of aromatic amines is 1. The standard InChI is InChI=1S/C21H22N2O5/c1-3-28-21(27)17-12-16(19(22-17)18(25)11-13(2)24)15-9-10-23(20(15)26)14-7-5-4-6-8-14/h4-8,11-12,15,22,25H,3,9-10H2,1-2H3. The van der Waals surface area contributed by atoms with E-state index in [2.05, 4.69) is 4.98 Å². The number of carbonyl (C=O) groups is 3. The van der Waals surface area contributed by atoms with Crippen LogP contribution in [0.4, 0.5) is 5.69 Å². The van der Waals surface area contributed by atoms with Crippen molar-refractivity contribution in [1.82, 2.24) is 4.98 Å². The van der Waals surface area contributed by atoms with E-state index in [0.717, 1.165) is 11.8 Å². The highest BCUT2D eigenvalue weighted by Crippen LogP contribution is 2.36. The predicted molar refractivity (Wildman–Crippen MR) is 104 cm³/mol. The van der Waals surface area contributed by atoms with Crippen LogP contribution in [-0.2, 0) is 14.3 Å². The number of hydrogen-bond donors (Lipinski definition) is 2. The van der Waals surface area contributed by atoms with E-state index >= 15 is 0 Å². The third-order valence-corrected chi connectivity index (χ3v) is 4.59. The van der Waals surface area contributed by atoms with Gasteiger partial charge in [-0.3, -0.25) is 9.59 Å². The molecule has 0 aliphatic carbocycles. The smallest absolute Gasteiger partial charge is 0.354 e. The molecule has 0 saturated carbocycles. The number of H-pyrrole nitrogens is 1. The number of nitrogens with zero attached hydrogens (tertiary/aromatic N) is 1. The number of allylic oxidation sites excluding steroid dienone is 1. The van der Waals surface area contributed by atoms with Gasteiger partial charge in [-0.15, -0.1) is 0 Å². The first-order valence-electron chi connectivity index (χ1n) is 9.10. The summed E-state index contributed by atoms with van der Waals surface area (Å²) in [6.07, 6.45) is 1.58. The number of nitrogens with one attached hydrogen (secondary N) is 1. The Kier molecular flexibility index (Phi) is 5.63. The van der Waals surface area contributed by atoms with Crippen LogP contribution in [0.3, 0.4) is 0 Å². The molecule has 2 N–H and O–H groups in total. The van der Waals surface area contributed by atoms with Crippen molar-refractivity contribution in [2.75, 3.05) is 18.1 Å². The molecule has 28 heavy (non-hydrogen) atoms. The lowest BCUT2D eigenvalue weighted by molar-refractivity contribution is -0.118. The Morgan fingerprint density at radius 1 is 1.32 bits per heavy atom. The van der Waals surface area contributed by atoms with E-state index < -0.39 is 11.9 Å². The van der Waals surface area contributed by atoms with Crippen LogP contribution in [-0.4, -0.2) is 40.9 Å². The van der Waals surface area contributed by atoms with E-state index in [1.54, 1.807) is 11.8 Å². The number of ketones is 1. The number of amides is 1. The number of benzene rings is 1. The highest BCUT2D eigenvalue weighted by molar-refractivity contribution is 6.02. The summed E-state index contributed by atoms with van der Waals surface area (Å²) in [6, 6.07) is 10.8. The summed E-state index contributed by atoms with van der Waals surface area (Å²) in [5.41, 5.74) is 1.58. The minimum atomic E-state index is -0.587. The van der Waals surface area contributed by atoms with Crippen molar-refractivity contribution in [3.8, 4) is 0 Å². The summed E-state index contributed by atoms with van der Waals surface area (Å²) in [4.78, 5) is 41.0. The van der Waals surface area contributed by atoms with Crippen LogP contribution in [0.15, 0.2) is 42.5 Å². The normalized spacial score (nSPS) is 17.1. The molecule has 0 bridgehead atoms. The molecule has 0 spiro atoms. The Balaban J connectivity index is 1.99. The summed E-state index contributed by atoms with van der Waals surface area (Å²) in [5.74, 6) is -1.92. The SMILES string of the molecule is CCOC(=O)c1cc(C2CCN(c3ccccc3)C2=O)c(C(O)=CC(C)=O)[nH]1. The molecule has 0 radical (unpaired) electrons. The molecule has 1 aliphatic heterocycles. The maximum absolute atomic E-state index is 13.0. The Morgan fingerprint density at radius 2 is 2.04 bits per heavy atom. The molecule has 1 atom stereocenters. The quantitative estimate of drug-likeness (QED) is 0.454. The summed E-state index contributed by atoms with van der Waals surface area (Å²) < 4.78 is 5.00. The van der Waals surface area contributed by atoms with Gasteiger partial charge in [0.15, 0.2) is 5.78 Å². The molecule has 1 aliphatic rings. The van der Waals surface area contributed by atoms with Crippen LogP contribution in [0.25, 0.3) is 5.76 Å². The number of rotatable bonds is 6. The molecule has 1 fully saturated rings. The zero-order valence-corrected chi connectivity index (χ0v) is 15.8. The molecule has 1 aromatic heterocycles. The van der Waals surface area contributed by atoms with Crippen molar-refractivity contribution in [3.63, 3.8) is 0 Å². The molecule has 2 aromatic rings. The van der Waals surface area contributed by atoms with Crippen molar-refractivity contribution in [2.45, 2.75) is 26.2 Å². The average Bonchev–Trinajstić information content (AvgIpc) is 3.26. The van der Waals surface area contributed by atoms with Crippen molar-refractivity contribution < 1.29 is 24.2 Å². The first-order chi connectivity index (χ1) is 13.4. The number of esters is 1. The van der Waals surface area contributed by atoms with E-state index in [1.165, 1.54) is 13.0 Å². The fourth-order valence-corrected chi connectivity index (χ4v) is 3.37. The minimum Gasteiger partial charge on any atom is -0.506 e. The monoisotopic (exact) mass is 382 g/mol. The Bertz CT molecular complexity index is 930. The number of hydrogen-bond acceptors (Lipinski definition) is 5. The van der Waals surface area contributed by atoms with Crippen molar-refractivity contribution >= 4 is 29.1 Å². The topological polar surface area (TPSA) is 99.7 Å². The van der Waals surface area contributed by atoms with Gasteiger partial charge in [-0.05, 0) is 44.0 Å². The van der Waals surface area contributed by atoms with Crippen LogP contribution in [0.5, 0.6) is 0 Å². The van der Waals surface area contributed by atoms with Crippen LogP contribution >= 0.6 is 0 Å². The molecule has 7 heteroatoms. The summed E-state index contributed by atoms with van der Waals surface area (Å²) in [5, 5.41) is 10.4. The molecular weight excluding hydrogens is 360 g/mol. The molecule has 1 unspecified atom stereocenters. The summed E-state index contributed by atoms with van der Waals surface area (Å²) >= 11 is 0. The molecule has 7 nitrogen and oxygen atoms in total. The lowest BCUT2D eigenvalue weighted by atomic mass is 9.96. The molecule has 3 rings (SSSR count). The highest BCUT2D eigenvalue weighted by atomic mass is 16.5. The number of para-hydroxylation sites is 1. The first-order valence-corrected chi connectivity index (χ1v) is 9.10. The molecule has 1 aromatic carbocycles. The number of aliphatic hydroxyl groups excluding tert-OH is 1. The van der Waals surface area contributed by atoms with E-state index in [1.807, 2.05) is 30.3 Å². The van der Waals surface area contributed by atoms with Crippen LogP contribution in [0.1, 0.15) is 47.9 Å². The van der Waals surface area contributed by atoms with Gasteiger partial charge in [-0.25, -0.2) is 4.79 Å². The number of aromatic nitrogens is 1. The number of carbonyl (C=O) groups excluding carboxylic acids is 3. The van der Waals surface area contributed by atoms with Gasteiger partial charge in [-0.1, -0.05) is 18.2 Å². The average molecular weight is 382 g/mol. The van der Waals surface area contributed by atoms with Crippen LogP contribution in [0, 0.1) is 0 Å². The van der Waals surface area contributed by atoms with Gasteiger partial charge in [-0.2, -0.15) is 0 Å². The van der Waals surface area contributed by atoms with Gasteiger partial charge in [0.25, 0.3) is 0 Å². The van der Waals surface area contributed by atoms with E-state index in [4.69, 9.17) is 4.74 Å². The second-order valence-corrected chi connectivity index (χ2v) is 6.54. The minimum absolute atomic E-state index is 0.126. The van der Waals surface area contributed by atoms with Crippen molar-refractivity contribution in [2.24, 2.45) is 0 Å². The maximum atomic E-state index is 13.0. The second-order valence-electron chi connectivity index (χ2n) is 6.54. The zero-order valence-electron chi connectivity index (χ0n) is 15.8.